The molecule has 0 unspecified atom stereocenters. The minimum atomic E-state index is 0.183. The molecule has 0 aromatic rings. The van der Waals surface area contributed by atoms with Gasteiger partial charge in [-0.05, 0) is 34.6 Å². The maximum absolute atomic E-state index is 11.6. The molecule has 0 saturated carbocycles. The van der Waals surface area contributed by atoms with Crippen LogP contribution in [0, 0.1) is 0 Å². The van der Waals surface area contributed by atoms with Gasteiger partial charge in [0, 0.05) is 12.6 Å². The van der Waals surface area contributed by atoms with Crippen LogP contribution in [-0.2, 0) is 9.53 Å². The highest BCUT2D eigenvalue weighted by atomic mass is 16.5. The molecule has 0 radical (unpaired) electrons. The van der Waals surface area contributed by atoms with E-state index in [9.17, 15) is 4.79 Å². The molecule has 0 rings (SSSR count). The Labute approximate surface area is 87.4 Å². The molecule has 0 bridgehead atoms. The number of ether oxygens (including phenoxy) is 1. The number of hydrogen-bond acceptors (Lipinski definition) is 2. The number of carbonyl (C=O) groups is 1. The lowest BCUT2D eigenvalue weighted by atomic mass is 10.3. The summed E-state index contributed by atoms with van der Waals surface area (Å²) in [7, 11) is 0. The third-order valence-electron chi connectivity index (χ3n) is 2.05. The van der Waals surface area contributed by atoms with Gasteiger partial charge in [-0.25, -0.2) is 0 Å². The Morgan fingerprint density at radius 2 is 1.86 bits per heavy atom. The molecule has 0 aromatic carbocycles. The lowest BCUT2D eigenvalue weighted by molar-refractivity contribution is -0.134. The van der Waals surface area contributed by atoms with Gasteiger partial charge < -0.3 is 9.64 Å². The molecule has 3 nitrogen and oxygen atoms in total. The zero-order chi connectivity index (χ0) is 11.1. The van der Waals surface area contributed by atoms with E-state index in [0.29, 0.717) is 13.0 Å². The van der Waals surface area contributed by atoms with E-state index in [1.807, 2.05) is 39.5 Å². The quantitative estimate of drug-likeness (QED) is 0.658. The Bertz CT molecular complexity index is 167. The molecule has 1 amide bonds. The summed E-state index contributed by atoms with van der Waals surface area (Å²) in [6.45, 7) is 11.3. The van der Waals surface area contributed by atoms with Gasteiger partial charge in [0.25, 0.3) is 0 Å². The Hall–Kier alpha value is -0.570. The summed E-state index contributed by atoms with van der Waals surface area (Å²) in [5.41, 5.74) is 0. The van der Waals surface area contributed by atoms with Gasteiger partial charge in [-0.15, -0.1) is 0 Å². The van der Waals surface area contributed by atoms with Gasteiger partial charge >= 0.3 is 0 Å². The predicted molar refractivity (Wildman–Crippen MR) is 58.2 cm³/mol. The lowest BCUT2D eigenvalue weighted by Gasteiger charge is -2.25. The van der Waals surface area contributed by atoms with Crippen molar-refractivity contribution in [3.63, 3.8) is 0 Å². The Morgan fingerprint density at radius 1 is 1.29 bits per heavy atom. The van der Waals surface area contributed by atoms with Crippen molar-refractivity contribution in [2.24, 2.45) is 0 Å². The molecular weight excluding hydrogens is 178 g/mol. The molecule has 0 heterocycles. The molecular formula is C11H23NO2. The summed E-state index contributed by atoms with van der Waals surface area (Å²) in [6.07, 6.45) is 0.696. The molecule has 0 aromatic heterocycles. The fourth-order valence-electron chi connectivity index (χ4n) is 1.36. The standard InChI is InChI=1S/C11H23NO2/c1-6-12(9(2)3)11(13)7-8-14-10(4)5/h9-10H,6-8H2,1-5H3. The van der Waals surface area contributed by atoms with Gasteiger partial charge in [0.15, 0.2) is 0 Å². The first kappa shape index (κ1) is 13.4. The SMILES string of the molecule is CCN(C(=O)CCOC(C)C)C(C)C. The summed E-state index contributed by atoms with van der Waals surface area (Å²) in [5, 5.41) is 0. The summed E-state index contributed by atoms with van der Waals surface area (Å²) in [6, 6.07) is 0.284. The first-order chi connectivity index (χ1) is 6.49. The molecule has 0 saturated heterocycles. The van der Waals surface area contributed by atoms with Crippen LogP contribution < -0.4 is 0 Å². The van der Waals surface area contributed by atoms with Crippen LogP contribution in [-0.4, -0.2) is 36.1 Å². The summed E-state index contributed by atoms with van der Waals surface area (Å²) >= 11 is 0. The molecule has 0 aliphatic rings. The third-order valence-corrected chi connectivity index (χ3v) is 2.05. The predicted octanol–water partition coefficient (Wildman–Crippen LogP) is 2.06. The van der Waals surface area contributed by atoms with Gasteiger partial charge in [0.05, 0.1) is 19.1 Å². The van der Waals surface area contributed by atoms with Crippen LogP contribution in [0.5, 0.6) is 0 Å². The van der Waals surface area contributed by atoms with E-state index in [0.717, 1.165) is 6.54 Å². The van der Waals surface area contributed by atoms with E-state index >= 15 is 0 Å². The molecule has 0 N–H and O–H groups in total. The Kier molecular flexibility index (Phi) is 6.54. The zero-order valence-electron chi connectivity index (χ0n) is 10.0. The van der Waals surface area contributed by atoms with E-state index in [1.54, 1.807) is 0 Å². The maximum atomic E-state index is 11.6. The number of rotatable bonds is 6. The van der Waals surface area contributed by atoms with E-state index in [2.05, 4.69) is 0 Å². The summed E-state index contributed by atoms with van der Waals surface area (Å²) in [5.74, 6) is 0.183. The van der Waals surface area contributed by atoms with Crippen molar-refractivity contribution < 1.29 is 9.53 Å². The zero-order valence-corrected chi connectivity index (χ0v) is 10.0. The van der Waals surface area contributed by atoms with E-state index in [1.165, 1.54) is 0 Å². The van der Waals surface area contributed by atoms with Crippen LogP contribution in [0.2, 0.25) is 0 Å². The molecule has 3 heteroatoms. The Balaban J connectivity index is 3.81. The largest absolute Gasteiger partial charge is 0.378 e. The highest BCUT2D eigenvalue weighted by molar-refractivity contribution is 5.76. The van der Waals surface area contributed by atoms with Crippen LogP contribution >= 0.6 is 0 Å². The fourth-order valence-corrected chi connectivity index (χ4v) is 1.36. The third kappa shape index (κ3) is 5.22. The van der Waals surface area contributed by atoms with E-state index in [4.69, 9.17) is 4.74 Å². The van der Waals surface area contributed by atoms with Crippen LogP contribution in [0.3, 0.4) is 0 Å². The molecule has 14 heavy (non-hydrogen) atoms. The first-order valence-electron chi connectivity index (χ1n) is 5.40. The fraction of sp³-hybridized carbons (Fsp3) is 0.909. The smallest absolute Gasteiger partial charge is 0.225 e. The van der Waals surface area contributed by atoms with Crippen LogP contribution in [0.4, 0.5) is 0 Å². The average Bonchev–Trinajstić information content (AvgIpc) is 2.03. The summed E-state index contributed by atoms with van der Waals surface area (Å²) < 4.78 is 5.34. The first-order valence-corrected chi connectivity index (χ1v) is 5.40. The topological polar surface area (TPSA) is 29.5 Å². The van der Waals surface area contributed by atoms with Crippen LogP contribution in [0.15, 0.2) is 0 Å². The molecule has 0 aliphatic carbocycles. The normalized spacial score (nSPS) is 11.1. The molecule has 0 atom stereocenters. The second-order valence-electron chi connectivity index (χ2n) is 3.94. The van der Waals surface area contributed by atoms with E-state index in [-0.39, 0.29) is 18.1 Å². The average molecular weight is 201 g/mol. The van der Waals surface area contributed by atoms with Crippen molar-refractivity contribution in [1.82, 2.24) is 4.90 Å². The number of amides is 1. The number of nitrogens with zero attached hydrogens (tertiary/aromatic N) is 1. The number of hydrogen-bond donors (Lipinski definition) is 0. The van der Waals surface area contributed by atoms with Crippen molar-refractivity contribution in [2.45, 2.75) is 53.2 Å². The molecule has 0 aliphatic heterocycles. The van der Waals surface area contributed by atoms with Crippen molar-refractivity contribution in [3.05, 3.63) is 0 Å². The van der Waals surface area contributed by atoms with Crippen molar-refractivity contribution >= 4 is 5.91 Å². The van der Waals surface area contributed by atoms with Gasteiger partial charge in [-0.3, -0.25) is 4.79 Å². The minimum absolute atomic E-state index is 0.183. The van der Waals surface area contributed by atoms with Gasteiger partial charge in [-0.2, -0.15) is 0 Å². The van der Waals surface area contributed by atoms with E-state index < -0.39 is 0 Å². The summed E-state index contributed by atoms with van der Waals surface area (Å²) in [4.78, 5) is 13.5. The van der Waals surface area contributed by atoms with Gasteiger partial charge in [0.2, 0.25) is 5.91 Å². The minimum Gasteiger partial charge on any atom is -0.378 e. The number of carbonyl (C=O) groups excluding carboxylic acids is 1. The highest BCUT2D eigenvalue weighted by Gasteiger charge is 2.14. The monoisotopic (exact) mass is 201 g/mol. The van der Waals surface area contributed by atoms with Crippen molar-refractivity contribution in [2.75, 3.05) is 13.2 Å². The van der Waals surface area contributed by atoms with Gasteiger partial charge in [-0.1, -0.05) is 0 Å². The van der Waals surface area contributed by atoms with Crippen LogP contribution in [0.25, 0.3) is 0 Å². The van der Waals surface area contributed by atoms with Gasteiger partial charge in [0.1, 0.15) is 0 Å². The Morgan fingerprint density at radius 3 is 2.21 bits per heavy atom. The van der Waals surface area contributed by atoms with Crippen molar-refractivity contribution in [1.29, 1.82) is 0 Å². The highest BCUT2D eigenvalue weighted by Crippen LogP contribution is 2.02. The second-order valence-corrected chi connectivity index (χ2v) is 3.94. The molecule has 84 valence electrons. The lowest BCUT2D eigenvalue weighted by Crippen LogP contribution is -2.37. The van der Waals surface area contributed by atoms with Crippen LogP contribution in [0.1, 0.15) is 41.0 Å². The second kappa shape index (κ2) is 6.82. The molecule has 0 fully saturated rings. The van der Waals surface area contributed by atoms with Crippen molar-refractivity contribution in [3.8, 4) is 0 Å². The maximum Gasteiger partial charge on any atom is 0.225 e. The molecule has 0 spiro atoms.